The maximum Gasteiger partial charge on any atom is 0.416 e. The van der Waals surface area contributed by atoms with Crippen molar-refractivity contribution in [2.45, 2.75) is 43.4 Å². The highest BCUT2D eigenvalue weighted by molar-refractivity contribution is 5.94. The molecule has 0 bridgehead atoms. The lowest BCUT2D eigenvalue weighted by atomic mass is 9.67. The molecule has 1 aromatic heterocycles. The normalized spacial score (nSPS) is 25.1. The Morgan fingerprint density at radius 1 is 1.06 bits per heavy atom. The maximum absolute atomic E-state index is 13.8. The summed E-state index contributed by atoms with van der Waals surface area (Å²) in [5.74, 6) is -0.680. The van der Waals surface area contributed by atoms with E-state index in [1.807, 2.05) is 6.07 Å². The quantitative estimate of drug-likeness (QED) is 0.485. The first-order valence-electron chi connectivity index (χ1n) is 10.9. The summed E-state index contributed by atoms with van der Waals surface area (Å²) in [7, 11) is 0. The summed E-state index contributed by atoms with van der Waals surface area (Å²) in [5, 5.41) is 3.54. The Labute approximate surface area is 188 Å². The second-order valence-corrected chi connectivity index (χ2v) is 8.83. The number of benzene rings is 2. The molecule has 1 spiro atoms. The molecule has 33 heavy (non-hydrogen) atoms. The van der Waals surface area contributed by atoms with Gasteiger partial charge in [-0.15, -0.1) is 0 Å². The topological polar surface area (TPSA) is 51.2 Å². The summed E-state index contributed by atoms with van der Waals surface area (Å²) in [6.45, 7) is 0.292. The summed E-state index contributed by atoms with van der Waals surface area (Å²) in [6, 6.07) is 11.0. The van der Waals surface area contributed by atoms with Gasteiger partial charge in [0.25, 0.3) is 0 Å². The van der Waals surface area contributed by atoms with Crippen LogP contribution in [0.3, 0.4) is 0 Å². The number of ether oxygens (including phenoxy) is 1. The molecule has 5 rings (SSSR count). The van der Waals surface area contributed by atoms with Gasteiger partial charge in [-0.2, -0.15) is 13.2 Å². The number of aromatic nitrogens is 1. The standard InChI is InChI=1S/C25H22F4N2O2/c26-17-3-6-22-20(13-17)19(9-12-30-22)15-7-10-24(11-8-15)21(14-33-24)23(32)31-18-4-1-16(2-5-18)25(27,28)29/h1-6,9,12-13,15,21H,7-8,10-11,14H2,(H,31,32). The Morgan fingerprint density at radius 3 is 2.42 bits per heavy atom. The molecule has 1 N–H and O–H groups in total. The summed E-state index contributed by atoms with van der Waals surface area (Å²) < 4.78 is 58.0. The van der Waals surface area contributed by atoms with Crippen molar-refractivity contribution in [2.24, 2.45) is 5.92 Å². The van der Waals surface area contributed by atoms with Crippen LogP contribution >= 0.6 is 0 Å². The van der Waals surface area contributed by atoms with Gasteiger partial charge in [-0.1, -0.05) is 0 Å². The lowest BCUT2D eigenvalue weighted by Gasteiger charge is -2.52. The lowest BCUT2D eigenvalue weighted by Crippen LogP contribution is -2.59. The van der Waals surface area contributed by atoms with Gasteiger partial charge in [-0.05, 0) is 85.7 Å². The number of carbonyl (C=O) groups is 1. The Morgan fingerprint density at radius 2 is 1.79 bits per heavy atom. The third kappa shape index (κ3) is 4.08. The van der Waals surface area contributed by atoms with Gasteiger partial charge in [-0.3, -0.25) is 9.78 Å². The fraction of sp³-hybridized carbons (Fsp3) is 0.360. The minimum atomic E-state index is -4.42. The lowest BCUT2D eigenvalue weighted by molar-refractivity contribution is -0.216. The molecular formula is C25H22F4N2O2. The first-order valence-corrected chi connectivity index (χ1v) is 10.9. The molecule has 4 nitrogen and oxygen atoms in total. The molecule has 8 heteroatoms. The average Bonchev–Trinajstić information content (AvgIpc) is 2.78. The van der Waals surface area contributed by atoms with E-state index >= 15 is 0 Å². The molecule has 2 aromatic carbocycles. The molecule has 0 radical (unpaired) electrons. The predicted octanol–water partition coefficient (Wildman–Crippen LogP) is 6.07. The molecule has 2 aliphatic rings. The zero-order chi connectivity index (χ0) is 23.2. The number of alkyl halides is 3. The van der Waals surface area contributed by atoms with E-state index in [9.17, 15) is 22.4 Å². The van der Waals surface area contributed by atoms with Crippen LogP contribution in [0.4, 0.5) is 23.2 Å². The second-order valence-electron chi connectivity index (χ2n) is 8.83. The number of fused-ring (bicyclic) bond motifs is 1. The van der Waals surface area contributed by atoms with Gasteiger partial charge >= 0.3 is 6.18 Å². The van der Waals surface area contributed by atoms with Crippen LogP contribution in [0.15, 0.2) is 54.7 Å². The van der Waals surface area contributed by atoms with Crippen LogP contribution < -0.4 is 5.32 Å². The largest absolute Gasteiger partial charge is 0.416 e. The van der Waals surface area contributed by atoms with Crippen molar-refractivity contribution in [1.82, 2.24) is 4.98 Å². The molecule has 1 saturated carbocycles. The highest BCUT2D eigenvalue weighted by Crippen LogP contribution is 2.49. The zero-order valence-electron chi connectivity index (χ0n) is 17.7. The zero-order valence-corrected chi connectivity index (χ0v) is 17.7. The van der Waals surface area contributed by atoms with Crippen LogP contribution in [0.5, 0.6) is 0 Å². The fourth-order valence-electron chi connectivity index (χ4n) is 5.09. The number of pyridine rings is 1. The average molecular weight is 458 g/mol. The van der Waals surface area contributed by atoms with Crippen LogP contribution in [0, 0.1) is 11.7 Å². The van der Waals surface area contributed by atoms with Crippen molar-refractivity contribution in [1.29, 1.82) is 0 Å². The van der Waals surface area contributed by atoms with Crippen molar-refractivity contribution in [3.05, 3.63) is 71.7 Å². The molecule has 172 valence electrons. The van der Waals surface area contributed by atoms with E-state index in [0.717, 1.165) is 41.4 Å². The number of anilines is 1. The number of hydrogen-bond acceptors (Lipinski definition) is 3. The van der Waals surface area contributed by atoms with Crippen molar-refractivity contribution in [3.8, 4) is 0 Å². The second kappa shape index (κ2) is 8.09. The highest BCUT2D eigenvalue weighted by Gasteiger charge is 2.53. The number of nitrogens with one attached hydrogen (secondary N) is 1. The van der Waals surface area contributed by atoms with Crippen molar-refractivity contribution >= 4 is 22.5 Å². The van der Waals surface area contributed by atoms with Crippen LogP contribution in [-0.4, -0.2) is 23.1 Å². The SMILES string of the molecule is O=C(Nc1ccc(C(F)(F)F)cc1)C1COC12CCC(c1ccnc3ccc(F)cc13)CC2. The van der Waals surface area contributed by atoms with Crippen molar-refractivity contribution in [3.63, 3.8) is 0 Å². The fourth-order valence-corrected chi connectivity index (χ4v) is 5.09. The van der Waals surface area contributed by atoms with Gasteiger partial charge in [0.2, 0.25) is 5.91 Å². The molecule has 2 heterocycles. The highest BCUT2D eigenvalue weighted by atomic mass is 19.4. The monoisotopic (exact) mass is 458 g/mol. The molecule has 1 aliphatic carbocycles. The van der Waals surface area contributed by atoms with E-state index in [1.54, 1.807) is 12.3 Å². The first-order chi connectivity index (χ1) is 15.7. The molecule has 1 atom stereocenters. The Balaban J connectivity index is 1.26. The van der Waals surface area contributed by atoms with Gasteiger partial charge in [-0.25, -0.2) is 4.39 Å². The molecule has 3 aromatic rings. The van der Waals surface area contributed by atoms with Gasteiger partial charge in [0.1, 0.15) is 5.82 Å². The molecule has 2 fully saturated rings. The summed E-state index contributed by atoms with van der Waals surface area (Å²) >= 11 is 0. The maximum atomic E-state index is 13.8. The third-order valence-electron chi connectivity index (χ3n) is 6.98. The molecular weight excluding hydrogens is 436 g/mol. The van der Waals surface area contributed by atoms with Gasteiger partial charge in [0.05, 0.1) is 29.2 Å². The number of amides is 1. The summed E-state index contributed by atoms with van der Waals surface area (Å²) in [5.41, 5.74) is 0.822. The number of halogens is 4. The van der Waals surface area contributed by atoms with Crippen molar-refractivity contribution in [2.75, 3.05) is 11.9 Å². The smallest absolute Gasteiger partial charge is 0.373 e. The van der Waals surface area contributed by atoms with E-state index in [-0.39, 0.29) is 23.6 Å². The van der Waals surface area contributed by atoms with Gasteiger partial charge < -0.3 is 10.1 Å². The number of carbonyl (C=O) groups excluding carboxylic acids is 1. The number of hydrogen-bond donors (Lipinski definition) is 1. The Kier molecular flexibility index (Phi) is 5.35. The number of nitrogens with zero attached hydrogens (tertiary/aromatic N) is 1. The predicted molar refractivity (Wildman–Crippen MR) is 115 cm³/mol. The van der Waals surface area contributed by atoms with E-state index in [1.165, 1.54) is 24.3 Å². The van der Waals surface area contributed by atoms with Crippen LogP contribution in [0.1, 0.15) is 42.7 Å². The van der Waals surface area contributed by atoms with Crippen LogP contribution in [0.2, 0.25) is 0 Å². The third-order valence-corrected chi connectivity index (χ3v) is 6.98. The molecule has 1 unspecified atom stereocenters. The summed E-state index contributed by atoms with van der Waals surface area (Å²) in [6.07, 6.45) is 0.266. The van der Waals surface area contributed by atoms with Crippen LogP contribution in [-0.2, 0) is 15.7 Å². The minimum absolute atomic E-state index is 0.214. The van der Waals surface area contributed by atoms with E-state index in [2.05, 4.69) is 10.3 Å². The first kappa shape index (κ1) is 21.8. The van der Waals surface area contributed by atoms with E-state index in [4.69, 9.17) is 4.74 Å². The molecule has 1 aliphatic heterocycles. The van der Waals surface area contributed by atoms with E-state index in [0.29, 0.717) is 25.1 Å². The van der Waals surface area contributed by atoms with Crippen LogP contribution in [0.25, 0.3) is 10.9 Å². The van der Waals surface area contributed by atoms with Crippen molar-refractivity contribution < 1.29 is 27.1 Å². The Hall–Kier alpha value is -3.00. The molecule has 1 amide bonds. The molecule has 1 saturated heterocycles. The number of rotatable bonds is 3. The van der Waals surface area contributed by atoms with E-state index < -0.39 is 17.3 Å². The van der Waals surface area contributed by atoms with Gasteiger partial charge in [0.15, 0.2) is 0 Å². The Bertz CT molecular complexity index is 1190. The minimum Gasteiger partial charge on any atom is -0.373 e. The van der Waals surface area contributed by atoms with Gasteiger partial charge in [0, 0.05) is 17.3 Å². The summed E-state index contributed by atoms with van der Waals surface area (Å²) in [4.78, 5) is 17.2.